The summed E-state index contributed by atoms with van der Waals surface area (Å²) in [5.74, 6) is -0.487. The van der Waals surface area contributed by atoms with Crippen LogP contribution in [0.1, 0.15) is 0 Å². The van der Waals surface area contributed by atoms with Crippen LogP contribution in [0.3, 0.4) is 0 Å². The van der Waals surface area contributed by atoms with Gasteiger partial charge in [-0.3, -0.25) is 10.0 Å². The first kappa shape index (κ1) is 21.5. The highest BCUT2D eigenvalue weighted by atomic mass is 35.5. The highest BCUT2D eigenvalue weighted by molar-refractivity contribution is 7.97. The number of ether oxygens (including phenoxy) is 1. The largest absolute Gasteiger partial charge is 0.454 e. The van der Waals surface area contributed by atoms with E-state index in [4.69, 9.17) is 21.5 Å². The highest BCUT2D eigenvalue weighted by Crippen LogP contribution is 2.30. The highest BCUT2D eigenvalue weighted by Gasteiger charge is 2.14. The number of benzene rings is 2. The van der Waals surface area contributed by atoms with Crippen molar-refractivity contribution in [3.8, 4) is 11.5 Å². The van der Waals surface area contributed by atoms with Gasteiger partial charge in [0.15, 0.2) is 11.6 Å². The Morgan fingerprint density at radius 3 is 2.52 bits per heavy atom. The van der Waals surface area contributed by atoms with Crippen LogP contribution >= 0.6 is 23.5 Å². The van der Waals surface area contributed by atoms with Gasteiger partial charge in [-0.25, -0.2) is 14.2 Å². The summed E-state index contributed by atoms with van der Waals surface area (Å²) >= 11 is 7.05. The van der Waals surface area contributed by atoms with Gasteiger partial charge in [0.05, 0.1) is 6.54 Å². The smallest absolute Gasteiger partial charge is 0.258 e. The summed E-state index contributed by atoms with van der Waals surface area (Å²) in [6.45, 7) is 1.22. The fraction of sp³-hybridized carbons (Fsp3) is 0.278. The normalized spacial score (nSPS) is 11.1. The molecule has 0 bridgehead atoms. The van der Waals surface area contributed by atoms with E-state index >= 15 is 0 Å². The summed E-state index contributed by atoms with van der Waals surface area (Å²) in [5, 5.41) is 9.30. The number of likely N-dealkylation sites (N-methyl/N-ethyl adjacent to an activating group) is 1. The molecule has 2 N–H and O–H groups in total. The van der Waals surface area contributed by atoms with Gasteiger partial charge < -0.3 is 9.64 Å². The number of halogens is 2. The van der Waals surface area contributed by atoms with Crippen molar-refractivity contribution in [2.75, 3.05) is 33.7 Å². The molecule has 0 aromatic heterocycles. The number of hydroxylamine groups is 1. The van der Waals surface area contributed by atoms with Crippen LogP contribution in [0.4, 0.5) is 4.39 Å². The van der Waals surface area contributed by atoms with Crippen LogP contribution < -0.4 is 10.2 Å². The first-order chi connectivity index (χ1) is 12.9. The predicted octanol–water partition coefficient (Wildman–Crippen LogP) is 3.65. The standard InChI is InChI=1S/C18H21ClFN3O3S/c1-22(2)9-10-23(12-18(24)21-25)27-15-7-8-17(16(20)11-15)26-14-5-3-13(19)4-6-14/h3-8,11,25H,9-10,12H2,1-2H3,(H,21,24). The fourth-order valence-corrected chi connectivity index (χ4v) is 3.13. The summed E-state index contributed by atoms with van der Waals surface area (Å²) < 4.78 is 21.7. The van der Waals surface area contributed by atoms with Crippen LogP contribution in [-0.2, 0) is 4.79 Å². The van der Waals surface area contributed by atoms with Crippen molar-refractivity contribution >= 4 is 29.5 Å². The lowest BCUT2D eigenvalue weighted by molar-refractivity contribution is -0.129. The SMILES string of the molecule is CN(C)CCN(CC(=O)NO)Sc1ccc(Oc2ccc(Cl)cc2)c(F)c1. The maximum Gasteiger partial charge on any atom is 0.258 e. The Labute approximate surface area is 166 Å². The van der Waals surface area contributed by atoms with Crippen LogP contribution in [0.15, 0.2) is 47.4 Å². The molecule has 2 aromatic carbocycles. The molecule has 0 aliphatic heterocycles. The first-order valence-corrected chi connectivity index (χ1v) is 9.26. The molecular formula is C18H21ClFN3O3S. The second-order valence-corrected chi connectivity index (χ2v) is 7.55. The lowest BCUT2D eigenvalue weighted by Gasteiger charge is -2.22. The number of nitrogens with one attached hydrogen (secondary N) is 1. The maximum absolute atomic E-state index is 14.4. The molecular weight excluding hydrogens is 393 g/mol. The average molecular weight is 414 g/mol. The number of hydrogen-bond acceptors (Lipinski definition) is 6. The van der Waals surface area contributed by atoms with Crippen molar-refractivity contribution in [3.63, 3.8) is 0 Å². The summed E-state index contributed by atoms with van der Waals surface area (Å²) in [6, 6.07) is 11.2. The number of amides is 1. The predicted molar refractivity (Wildman–Crippen MR) is 104 cm³/mol. The molecule has 0 heterocycles. The van der Waals surface area contributed by atoms with Gasteiger partial charge in [0.25, 0.3) is 5.91 Å². The minimum Gasteiger partial charge on any atom is -0.454 e. The Hall–Kier alpha value is -1.84. The van der Waals surface area contributed by atoms with Gasteiger partial charge in [-0.15, -0.1) is 0 Å². The molecule has 1 amide bonds. The van der Waals surface area contributed by atoms with E-state index in [1.54, 1.807) is 40.1 Å². The zero-order chi connectivity index (χ0) is 19.8. The molecule has 0 saturated carbocycles. The molecule has 0 spiro atoms. The van der Waals surface area contributed by atoms with Gasteiger partial charge in [0.2, 0.25) is 0 Å². The van der Waals surface area contributed by atoms with E-state index in [0.29, 0.717) is 28.8 Å². The van der Waals surface area contributed by atoms with E-state index in [9.17, 15) is 9.18 Å². The van der Waals surface area contributed by atoms with E-state index in [0.717, 1.165) is 0 Å². The molecule has 0 aliphatic carbocycles. The maximum atomic E-state index is 14.4. The summed E-state index contributed by atoms with van der Waals surface area (Å²) in [7, 11) is 3.83. The Morgan fingerprint density at radius 1 is 1.22 bits per heavy atom. The summed E-state index contributed by atoms with van der Waals surface area (Å²) in [6.07, 6.45) is 0. The van der Waals surface area contributed by atoms with Crippen LogP contribution in [0, 0.1) is 5.82 Å². The molecule has 0 fully saturated rings. The van der Waals surface area contributed by atoms with Crippen molar-refractivity contribution in [2.45, 2.75) is 4.90 Å². The van der Waals surface area contributed by atoms with Crippen molar-refractivity contribution in [2.24, 2.45) is 0 Å². The number of carbonyl (C=O) groups is 1. The van der Waals surface area contributed by atoms with Crippen molar-refractivity contribution < 1.29 is 19.1 Å². The topological polar surface area (TPSA) is 65.0 Å². The van der Waals surface area contributed by atoms with E-state index < -0.39 is 11.7 Å². The molecule has 146 valence electrons. The van der Waals surface area contributed by atoms with E-state index in [1.807, 2.05) is 19.0 Å². The van der Waals surface area contributed by atoms with Crippen LogP contribution in [-0.4, -0.2) is 54.0 Å². The Morgan fingerprint density at radius 2 is 1.93 bits per heavy atom. The number of carbonyl (C=O) groups excluding carboxylic acids is 1. The Bertz CT molecular complexity index is 762. The molecule has 0 unspecified atom stereocenters. The summed E-state index contributed by atoms with van der Waals surface area (Å²) in [5.41, 5.74) is 1.61. The second kappa shape index (κ2) is 10.5. The molecule has 9 heteroatoms. The monoisotopic (exact) mass is 413 g/mol. The second-order valence-electron chi connectivity index (χ2n) is 5.94. The molecule has 0 radical (unpaired) electrons. The molecule has 2 rings (SSSR count). The first-order valence-electron chi connectivity index (χ1n) is 8.11. The fourth-order valence-electron chi connectivity index (χ4n) is 2.06. The quantitative estimate of drug-likeness (QED) is 0.371. The number of nitrogens with zero attached hydrogens (tertiary/aromatic N) is 2. The van der Waals surface area contributed by atoms with Gasteiger partial charge in [-0.1, -0.05) is 11.6 Å². The third kappa shape index (κ3) is 7.36. The minimum absolute atomic E-state index is 0.0281. The Balaban J connectivity index is 2.06. The molecule has 27 heavy (non-hydrogen) atoms. The molecule has 6 nitrogen and oxygen atoms in total. The molecule has 0 aliphatic rings. The number of rotatable bonds is 9. The van der Waals surface area contributed by atoms with Crippen molar-refractivity contribution in [3.05, 3.63) is 53.3 Å². The zero-order valence-electron chi connectivity index (χ0n) is 15.0. The van der Waals surface area contributed by atoms with E-state index in [1.165, 1.54) is 24.1 Å². The minimum atomic E-state index is -0.538. The Kier molecular flexibility index (Phi) is 8.33. The van der Waals surface area contributed by atoms with Crippen LogP contribution in [0.2, 0.25) is 5.02 Å². The third-order valence-electron chi connectivity index (χ3n) is 3.42. The van der Waals surface area contributed by atoms with Crippen molar-refractivity contribution in [1.82, 2.24) is 14.7 Å². The van der Waals surface area contributed by atoms with Gasteiger partial charge >= 0.3 is 0 Å². The lowest BCUT2D eigenvalue weighted by Crippen LogP contribution is -2.35. The van der Waals surface area contributed by atoms with Crippen molar-refractivity contribution in [1.29, 1.82) is 0 Å². The number of hydrogen-bond donors (Lipinski definition) is 2. The van der Waals surface area contributed by atoms with Gasteiger partial charge in [0.1, 0.15) is 5.75 Å². The third-order valence-corrected chi connectivity index (χ3v) is 4.71. The van der Waals surface area contributed by atoms with Gasteiger partial charge in [-0.2, -0.15) is 0 Å². The van der Waals surface area contributed by atoms with Crippen LogP contribution in [0.25, 0.3) is 0 Å². The van der Waals surface area contributed by atoms with Gasteiger partial charge in [-0.05, 0) is 68.5 Å². The molecule has 2 aromatic rings. The van der Waals surface area contributed by atoms with E-state index in [2.05, 4.69) is 0 Å². The molecule has 0 atom stereocenters. The van der Waals surface area contributed by atoms with Crippen LogP contribution in [0.5, 0.6) is 11.5 Å². The molecule has 0 saturated heterocycles. The van der Waals surface area contributed by atoms with E-state index in [-0.39, 0.29) is 12.3 Å². The lowest BCUT2D eigenvalue weighted by atomic mass is 10.3. The average Bonchev–Trinajstić information content (AvgIpc) is 2.63. The summed E-state index contributed by atoms with van der Waals surface area (Å²) in [4.78, 5) is 14.0. The van der Waals surface area contributed by atoms with Gasteiger partial charge in [0, 0.05) is 23.0 Å². The zero-order valence-corrected chi connectivity index (χ0v) is 16.6.